The van der Waals surface area contributed by atoms with Gasteiger partial charge in [-0.1, -0.05) is 43.2 Å². The Morgan fingerprint density at radius 3 is 2.39 bits per heavy atom. The van der Waals surface area contributed by atoms with Gasteiger partial charge in [-0.2, -0.15) is 0 Å². The monoisotopic (exact) mass is 501 g/mol. The second-order valence-electron chi connectivity index (χ2n) is 9.37. The molecule has 1 aromatic carbocycles. The molecule has 3 rings (SSSR count). The van der Waals surface area contributed by atoms with Gasteiger partial charge in [-0.25, -0.2) is 5.48 Å². The number of carbonyl (C=O) groups excluding carboxylic acids is 5. The highest BCUT2D eigenvalue weighted by atomic mass is 16.5. The number of nitrogens with zero attached hydrogens (tertiary/aromatic N) is 1. The van der Waals surface area contributed by atoms with Crippen LogP contribution in [-0.2, 0) is 30.4 Å². The van der Waals surface area contributed by atoms with Crippen molar-refractivity contribution in [3.63, 3.8) is 0 Å². The van der Waals surface area contributed by atoms with E-state index in [1.807, 2.05) is 30.3 Å². The van der Waals surface area contributed by atoms with Crippen LogP contribution in [0.25, 0.3) is 0 Å². The average molecular weight is 502 g/mol. The second kappa shape index (κ2) is 13.0. The topological polar surface area (TPSA) is 157 Å². The quantitative estimate of drug-likeness (QED) is 0.194. The smallest absolute Gasteiger partial charge is 0.245 e. The van der Waals surface area contributed by atoms with Crippen molar-refractivity contribution >= 4 is 29.5 Å². The zero-order chi connectivity index (χ0) is 26.1. The van der Waals surface area contributed by atoms with E-state index in [0.29, 0.717) is 45.1 Å². The van der Waals surface area contributed by atoms with Crippen LogP contribution < -0.4 is 21.4 Å². The zero-order valence-corrected chi connectivity index (χ0v) is 20.5. The highest BCUT2D eigenvalue weighted by Gasteiger charge is 2.39. The fourth-order valence-corrected chi connectivity index (χ4v) is 4.66. The first-order valence-electron chi connectivity index (χ1n) is 12.5. The molecule has 2 saturated heterocycles. The molecule has 0 unspecified atom stereocenters. The van der Waals surface area contributed by atoms with E-state index in [1.54, 1.807) is 12.4 Å². The molecule has 0 bridgehead atoms. The predicted octanol–water partition coefficient (Wildman–Crippen LogP) is 0.164. The summed E-state index contributed by atoms with van der Waals surface area (Å²) in [6.45, 7) is 1.99. The molecule has 0 aliphatic carbocycles. The molecular formula is C25H35N5O6. The Morgan fingerprint density at radius 2 is 1.67 bits per heavy atom. The van der Waals surface area contributed by atoms with Crippen molar-refractivity contribution in [2.45, 2.75) is 82.5 Å². The van der Waals surface area contributed by atoms with Gasteiger partial charge in [-0.3, -0.25) is 29.2 Å². The van der Waals surface area contributed by atoms with Crippen molar-refractivity contribution in [1.82, 2.24) is 26.3 Å². The standard InChI is InChI=1S/C25H35N5O6/c1-16-25(35)30-14-8-12-20(30)24(34)27-18(11-6-3-7-13-21(31)29-36)22(32)28-19(23(33)26-16)15-17-9-4-2-5-10-17/h2,4-5,9-10,16,18-20,36H,3,6-8,11-15H2,1H3,(H,26,33)(H,27,34)(H,28,32)(H,29,31)/t16-,18+,19+,20+/m0/s1. The van der Waals surface area contributed by atoms with Gasteiger partial charge in [0.05, 0.1) is 0 Å². The van der Waals surface area contributed by atoms with Crippen molar-refractivity contribution in [2.75, 3.05) is 6.54 Å². The van der Waals surface area contributed by atoms with Crippen LogP contribution in [0.3, 0.4) is 0 Å². The molecule has 5 amide bonds. The number of benzene rings is 1. The summed E-state index contributed by atoms with van der Waals surface area (Å²) in [5.74, 6) is -2.15. The summed E-state index contributed by atoms with van der Waals surface area (Å²) < 4.78 is 0. The van der Waals surface area contributed by atoms with Gasteiger partial charge in [0.1, 0.15) is 24.2 Å². The molecule has 0 aromatic heterocycles. The number of hydrogen-bond acceptors (Lipinski definition) is 6. The van der Waals surface area contributed by atoms with Crippen LogP contribution in [0, 0.1) is 0 Å². The lowest BCUT2D eigenvalue weighted by molar-refractivity contribution is -0.143. The molecule has 11 nitrogen and oxygen atoms in total. The molecular weight excluding hydrogens is 466 g/mol. The van der Waals surface area contributed by atoms with Gasteiger partial charge in [0.2, 0.25) is 29.5 Å². The summed E-state index contributed by atoms with van der Waals surface area (Å²) in [5.41, 5.74) is 2.42. The molecule has 2 aliphatic rings. The van der Waals surface area contributed by atoms with Gasteiger partial charge in [0.25, 0.3) is 0 Å². The van der Waals surface area contributed by atoms with E-state index in [2.05, 4.69) is 16.0 Å². The molecule has 36 heavy (non-hydrogen) atoms. The molecule has 1 aromatic rings. The van der Waals surface area contributed by atoms with Crippen molar-refractivity contribution in [2.24, 2.45) is 0 Å². The summed E-state index contributed by atoms with van der Waals surface area (Å²) in [6.07, 6.45) is 3.47. The SMILES string of the molecule is C[C@@H]1NC(=O)[C@@H](Cc2ccccc2)NC(=O)[C@@H](CCCCCC(=O)NO)NC(=O)[C@H]2CCCN2C1=O. The van der Waals surface area contributed by atoms with Crippen LogP contribution in [0.15, 0.2) is 30.3 Å². The lowest BCUT2D eigenvalue weighted by Gasteiger charge is -2.31. The molecule has 11 heteroatoms. The Bertz CT molecular complexity index is 956. The third-order valence-corrected chi connectivity index (χ3v) is 6.64. The number of carbonyl (C=O) groups is 5. The Labute approximate surface area is 210 Å². The Balaban J connectivity index is 1.79. The van der Waals surface area contributed by atoms with Gasteiger partial charge in [-0.15, -0.1) is 0 Å². The first kappa shape index (κ1) is 27.1. The van der Waals surface area contributed by atoms with Crippen LogP contribution >= 0.6 is 0 Å². The highest BCUT2D eigenvalue weighted by Crippen LogP contribution is 2.20. The molecule has 2 aliphatic heterocycles. The summed E-state index contributed by atoms with van der Waals surface area (Å²) in [7, 11) is 0. The van der Waals surface area contributed by atoms with Crippen LogP contribution in [0.1, 0.15) is 57.4 Å². The largest absolute Gasteiger partial charge is 0.343 e. The van der Waals surface area contributed by atoms with Crippen LogP contribution in [0.2, 0.25) is 0 Å². The van der Waals surface area contributed by atoms with Crippen LogP contribution in [-0.4, -0.2) is 70.4 Å². The molecule has 0 radical (unpaired) electrons. The minimum absolute atomic E-state index is 0.149. The maximum atomic E-state index is 13.3. The van der Waals surface area contributed by atoms with E-state index >= 15 is 0 Å². The number of rotatable bonds is 8. The minimum atomic E-state index is -0.934. The number of fused-ring (bicyclic) bond motifs is 1. The van der Waals surface area contributed by atoms with Crippen molar-refractivity contribution in [1.29, 1.82) is 0 Å². The molecule has 2 heterocycles. The summed E-state index contributed by atoms with van der Waals surface area (Å²) >= 11 is 0. The fraction of sp³-hybridized carbons (Fsp3) is 0.560. The second-order valence-corrected chi connectivity index (χ2v) is 9.37. The van der Waals surface area contributed by atoms with E-state index in [1.165, 1.54) is 4.90 Å². The van der Waals surface area contributed by atoms with E-state index in [0.717, 1.165) is 5.56 Å². The average Bonchev–Trinajstić information content (AvgIpc) is 3.36. The number of nitrogens with one attached hydrogen (secondary N) is 4. The van der Waals surface area contributed by atoms with Gasteiger partial charge < -0.3 is 20.9 Å². The number of hydrogen-bond donors (Lipinski definition) is 5. The summed E-state index contributed by atoms with van der Waals surface area (Å²) in [5, 5.41) is 16.9. The van der Waals surface area contributed by atoms with E-state index in [-0.39, 0.29) is 24.7 Å². The molecule has 2 fully saturated rings. The van der Waals surface area contributed by atoms with E-state index in [9.17, 15) is 24.0 Å². The summed E-state index contributed by atoms with van der Waals surface area (Å²) in [6, 6.07) is 5.86. The Hall–Kier alpha value is -3.47. The lowest BCUT2D eigenvalue weighted by Crippen LogP contribution is -2.61. The van der Waals surface area contributed by atoms with Crippen LogP contribution in [0.5, 0.6) is 0 Å². The van der Waals surface area contributed by atoms with Gasteiger partial charge >= 0.3 is 0 Å². The van der Waals surface area contributed by atoms with Crippen LogP contribution in [0.4, 0.5) is 0 Å². The molecule has 0 spiro atoms. The third kappa shape index (κ3) is 7.27. The maximum absolute atomic E-state index is 13.3. The summed E-state index contributed by atoms with van der Waals surface area (Å²) in [4.78, 5) is 65.3. The predicted molar refractivity (Wildman–Crippen MR) is 129 cm³/mol. The van der Waals surface area contributed by atoms with Crippen molar-refractivity contribution in [3.05, 3.63) is 35.9 Å². The van der Waals surface area contributed by atoms with Gasteiger partial charge in [0.15, 0.2) is 0 Å². The fourth-order valence-electron chi connectivity index (χ4n) is 4.66. The Morgan fingerprint density at radius 1 is 0.972 bits per heavy atom. The number of unbranched alkanes of at least 4 members (excludes halogenated alkanes) is 2. The van der Waals surface area contributed by atoms with E-state index in [4.69, 9.17) is 5.21 Å². The zero-order valence-electron chi connectivity index (χ0n) is 20.5. The van der Waals surface area contributed by atoms with E-state index < -0.39 is 41.9 Å². The molecule has 5 N–H and O–H groups in total. The third-order valence-electron chi connectivity index (χ3n) is 6.64. The van der Waals surface area contributed by atoms with Crippen molar-refractivity contribution in [3.8, 4) is 0 Å². The lowest BCUT2D eigenvalue weighted by atomic mass is 10.0. The first-order valence-corrected chi connectivity index (χ1v) is 12.5. The van der Waals surface area contributed by atoms with Gasteiger partial charge in [-0.05, 0) is 38.2 Å². The normalized spacial score (nSPS) is 25.1. The molecule has 196 valence electrons. The highest BCUT2D eigenvalue weighted by molar-refractivity contribution is 5.97. The maximum Gasteiger partial charge on any atom is 0.245 e. The van der Waals surface area contributed by atoms with Gasteiger partial charge in [0, 0.05) is 19.4 Å². The first-order chi connectivity index (χ1) is 17.3. The van der Waals surface area contributed by atoms with Crippen molar-refractivity contribution < 1.29 is 29.2 Å². The molecule has 0 saturated carbocycles. The number of hydroxylamine groups is 1. The Kier molecular flexibility index (Phi) is 9.80. The minimum Gasteiger partial charge on any atom is -0.343 e. The number of amides is 5. The molecule has 4 atom stereocenters.